The Morgan fingerprint density at radius 3 is 2.46 bits per heavy atom. The minimum atomic E-state index is -0.638. The molecule has 0 bridgehead atoms. The molecular formula is C10H16N2O. The van der Waals surface area contributed by atoms with Gasteiger partial charge >= 0.3 is 0 Å². The minimum absolute atomic E-state index is 0.0315. The Morgan fingerprint density at radius 2 is 2.15 bits per heavy atom. The minimum Gasteiger partial charge on any atom is -0.338 e. The Labute approximate surface area is 79.1 Å². The first kappa shape index (κ1) is 10.0. The zero-order valence-electron chi connectivity index (χ0n) is 8.42. The number of amides is 1. The lowest BCUT2D eigenvalue weighted by Crippen LogP contribution is -2.48. The SMILES string of the molecule is CC(C)C(=O)NC(C)(C#N)C1CC1. The first-order chi connectivity index (χ1) is 5.99. The molecule has 3 heteroatoms. The highest BCUT2D eigenvalue weighted by Crippen LogP contribution is 2.39. The van der Waals surface area contributed by atoms with E-state index in [0.717, 1.165) is 12.8 Å². The summed E-state index contributed by atoms with van der Waals surface area (Å²) >= 11 is 0. The van der Waals surface area contributed by atoms with Crippen LogP contribution in [0.3, 0.4) is 0 Å². The summed E-state index contributed by atoms with van der Waals surface area (Å²) in [6, 6.07) is 2.19. The van der Waals surface area contributed by atoms with Crippen molar-refractivity contribution < 1.29 is 4.79 Å². The summed E-state index contributed by atoms with van der Waals surface area (Å²) in [5, 5.41) is 11.8. The van der Waals surface area contributed by atoms with Crippen LogP contribution in [0.5, 0.6) is 0 Å². The fourth-order valence-corrected chi connectivity index (χ4v) is 1.28. The number of hydrogen-bond acceptors (Lipinski definition) is 2. The third kappa shape index (κ3) is 2.21. The third-order valence-electron chi connectivity index (χ3n) is 2.53. The van der Waals surface area contributed by atoms with Gasteiger partial charge in [0, 0.05) is 5.92 Å². The van der Waals surface area contributed by atoms with Crippen molar-refractivity contribution in [3.8, 4) is 6.07 Å². The monoisotopic (exact) mass is 180 g/mol. The normalized spacial score (nSPS) is 20.5. The van der Waals surface area contributed by atoms with Crippen LogP contribution in [0.15, 0.2) is 0 Å². The molecule has 1 amide bonds. The molecule has 1 saturated carbocycles. The highest BCUT2D eigenvalue weighted by Gasteiger charge is 2.43. The summed E-state index contributed by atoms with van der Waals surface area (Å²) < 4.78 is 0. The van der Waals surface area contributed by atoms with E-state index in [1.54, 1.807) is 0 Å². The largest absolute Gasteiger partial charge is 0.338 e. The van der Waals surface area contributed by atoms with Crippen LogP contribution in [0.2, 0.25) is 0 Å². The van der Waals surface area contributed by atoms with Gasteiger partial charge in [0.25, 0.3) is 0 Å². The molecule has 1 unspecified atom stereocenters. The Kier molecular flexibility index (Phi) is 2.60. The van der Waals surface area contributed by atoms with Gasteiger partial charge in [0.2, 0.25) is 5.91 Å². The van der Waals surface area contributed by atoms with Crippen molar-refractivity contribution in [3.63, 3.8) is 0 Å². The zero-order valence-corrected chi connectivity index (χ0v) is 8.42. The molecule has 0 aromatic rings. The number of carbonyl (C=O) groups is 1. The summed E-state index contributed by atoms with van der Waals surface area (Å²) in [5.74, 6) is 0.280. The van der Waals surface area contributed by atoms with E-state index in [-0.39, 0.29) is 11.8 Å². The van der Waals surface area contributed by atoms with Crippen LogP contribution in [0.4, 0.5) is 0 Å². The van der Waals surface area contributed by atoms with Gasteiger partial charge in [-0.1, -0.05) is 13.8 Å². The molecule has 1 rings (SSSR count). The standard InChI is InChI=1S/C10H16N2O/c1-7(2)9(13)12-10(3,6-11)8-4-5-8/h7-8H,4-5H2,1-3H3,(H,12,13). The number of nitrogens with one attached hydrogen (secondary N) is 1. The number of nitriles is 1. The molecule has 3 nitrogen and oxygen atoms in total. The lowest BCUT2D eigenvalue weighted by molar-refractivity contribution is -0.125. The molecule has 0 heterocycles. The lowest BCUT2D eigenvalue weighted by Gasteiger charge is -2.23. The van der Waals surface area contributed by atoms with Crippen molar-refractivity contribution >= 4 is 5.91 Å². The topological polar surface area (TPSA) is 52.9 Å². The zero-order chi connectivity index (χ0) is 10.1. The van der Waals surface area contributed by atoms with Crippen molar-refractivity contribution in [2.45, 2.75) is 39.2 Å². The predicted octanol–water partition coefficient (Wildman–Crippen LogP) is 1.45. The van der Waals surface area contributed by atoms with Crippen LogP contribution in [0.1, 0.15) is 33.6 Å². The van der Waals surface area contributed by atoms with Gasteiger partial charge in [-0.2, -0.15) is 5.26 Å². The second-order valence-electron chi connectivity index (χ2n) is 4.23. The van der Waals surface area contributed by atoms with Gasteiger partial charge in [-0.3, -0.25) is 4.79 Å². The second kappa shape index (κ2) is 3.37. The average molecular weight is 180 g/mol. The maximum atomic E-state index is 11.4. The highest BCUT2D eigenvalue weighted by atomic mass is 16.2. The number of hydrogen-bond donors (Lipinski definition) is 1. The van der Waals surface area contributed by atoms with E-state index in [4.69, 9.17) is 5.26 Å². The van der Waals surface area contributed by atoms with Crippen molar-refractivity contribution in [1.29, 1.82) is 5.26 Å². The summed E-state index contributed by atoms with van der Waals surface area (Å²) in [7, 11) is 0. The van der Waals surface area contributed by atoms with E-state index in [1.807, 2.05) is 20.8 Å². The van der Waals surface area contributed by atoms with Crippen LogP contribution < -0.4 is 5.32 Å². The van der Waals surface area contributed by atoms with Crippen LogP contribution in [0, 0.1) is 23.2 Å². The van der Waals surface area contributed by atoms with Crippen LogP contribution in [-0.4, -0.2) is 11.4 Å². The molecule has 0 spiro atoms. The lowest BCUT2D eigenvalue weighted by atomic mass is 9.97. The van der Waals surface area contributed by atoms with Gasteiger partial charge in [-0.05, 0) is 25.7 Å². The van der Waals surface area contributed by atoms with E-state index in [0.29, 0.717) is 5.92 Å². The average Bonchev–Trinajstić information content (AvgIpc) is 2.86. The van der Waals surface area contributed by atoms with E-state index >= 15 is 0 Å². The van der Waals surface area contributed by atoms with Crippen LogP contribution in [0.25, 0.3) is 0 Å². The molecule has 0 aromatic carbocycles. The van der Waals surface area contributed by atoms with Crippen molar-refractivity contribution in [2.24, 2.45) is 11.8 Å². The molecule has 1 N–H and O–H groups in total. The fraction of sp³-hybridized carbons (Fsp3) is 0.800. The van der Waals surface area contributed by atoms with Gasteiger partial charge < -0.3 is 5.32 Å². The van der Waals surface area contributed by atoms with E-state index in [9.17, 15) is 4.79 Å². The first-order valence-corrected chi connectivity index (χ1v) is 4.73. The first-order valence-electron chi connectivity index (χ1n) is 4.73. The van der Waals surface area contributed by atoms with Gasteiger partial charge in [-0.15, -0.1) is 0 Å². The predicted molar refractivity (Wildman–Crippen MR) is 49.7 cm³/mol. The molecule has 13 heavy (non-hydrogen) atoms. The maximum absolute atomic E-state index is 11.4. The van der Waals surface area contributed by atoms with Gasteiger partial charge in [-0.25, -0.2) is 0 Å². The Hall–Kier alpha value is -1.04. The molecule has 1 fully saturated rings. The number of nitrogens with zero attached hydrogens (tertiary/aromatic N) is 1. The third-order valence-corrected chi connectivity index (χ3v) is 2.53. The number of rotatable bonds is 3. The maximum Gasteiger partial charge on any atom is 0.223 e. The van der Waals surface area contributed by atoms with E-state index in [1.165, 1.54) is 0 Å². The molecule has 1 aliphatic carbocycles. The summed E-state index contributed by atoms with van der Waals surface area (Å²) in [5.41, 5.74) is -0.638. The van der Waals surface area contributed by atoms with Crippen molar-refractivity contribution in [2.75, 3.05) is 0 Å². The summed E-state index contributed by atoms with van der Waals surface area (Å²) in [4.78, 5) is 11.4. The molecule has 1 aliphatic rings. The summed E-state index contributed by atoms with van der Waals surface area (Å²) in [6.45, 7) is 5.48. The van der Waals surface area contributed by atoms with Crippen LogP contribution in [-0.2, 0) is 4.79 Å². The quantitative estimate of drug-likeness (QED) is 0.714. The van der Waals surface area contributed by atoms with Crippen LogP contribution >= 0.6 is 0 Å². The Morgan fingerprint density at radius 1 is 1.62 bits per heavy atom. The second-order valence-corrected chi connectivity index (χ2v) is 4.23. The molecule has 0 aliphatic heterocycles. The van der Waals surface area contributed by atoms with Gasteiger partial charge in [0.05, 0.1) is 6.07 Å². The van der Waals surface area contributed by atoms with Crippen molar-refractivity contribution in [3.05, 3.63) is 0 Å². The summed E-state index contributed by atoms with van der Waals surface area (Å²) in [6.07, 6.45) is 2.12. The molecule has 72 valence electrons. The molecular weight excluding hydrogens is 164 g/mol. The molecule has 0 radical (unpaired) electrons. The highest BCUT2D eigenvalue weighted by molar-refractivity contribution is 5.79. The number of carbonyl (C=O) groups excluding carboxylic acids is 1. The van der Waals surface area contributed by atoms with Crippen molar-refractivity contribution in [1.82, 2.24) is 5.32 Å². The van der Waals surface area contributed by atoms with E-state index < -0.39 is 5.54 Å². The Balaban J connectivity index is 2.59. The Bertz CT molecular complexity index is 250. The van der Waals surface area contributed by atoms with E-state index in [2.05, 4.69) is 11.4 Å². The van der Waals surface area contributed by atoms with Gasteiger partial charge in [0.15, 0.2) is 0 Å². The molecule has 0 saturated heterocycles. The molecule has 1 atom stereocenters. The van der Waals surface area contributed by atoms with Gasteiger partial charge in [0.1, 0.15) is 5.54 Å². The molecule has 0 aromatic heterocycles. The smallest absolute Gasteiger partial charge is 0.223 e. The fourth-order valence-electron chi connectivity index (χ4n) is 1.28.